The first kappa shape index (κ1) is 9.47. The Balaban J connectivity index is 2.78. The summed E-state index contributed by atoms with van der Waals surface area (Å²) in [6, 6.07) is 2.59. The maximum absolute atomic E-state index is 10.2. The lowest BCUT2D eigenvalue weighted by Crippen LogP contribution is -1.92. The number of nitrogens with zero attached hydrogens (tertiary/aromatic N) is 1. The summed E-state index contributed by atoms with van der Waals surface area (Å²) in [5, 5.41) is 19.5. The first-order valence-corrected chi connectivity index (χ1v) is 3.68. The van der Waals surface area contributed by atoms with Gasteiger partial charge in [-0.2, -0.15) is 0 Å². The highest BCUT2D eigenvalue weighted by molar-refractivity contribution is 5.19. The molecule has 0 bridgehead atoms. The van der Waals surface area contributed by atoms with Gasteiger partial charge in [0.1, 0.15) is 16.8 Å². The molecule has 5 heteroatoms. The van der Waals surface area contributed by atoms with Crippen LogP contribution in [-0.2, 0) is 0 Å². The van der Waals surface area contributed by atoms with Gasteiger partial charge in [-0.15, -0.1) is 6.58 Å². The number of rotatable bonds is 4. The monoisotopic (exact) mass is 183 g/mol. The predicted molar refractivity (Wildman–Crippen MR) is 45.1 cm³/mol. The molecule has 0 spiro atoms. The average molecular weight is 183 g/mol. The molecule has 1 atom stereocenters. The third kappa shape index (κ3) is 2.16. The molecular formula is C8H9NO4. The van der Waals surface area contributed by atoms with Crippen LogP contribution in [0.1, 0.15) is 18.3 Å². The van der Waals surface area contributed by atoms with Crippen molar-refractivity contribution in [3.05, 3.63) is 40.7 Å². The topological polar surface area (TPSA) is 76.5 Å². The highest BCUT2D eigenvalue weighted by atomic mass is 16.6. The second-order valence-electron chi connectivity index (χ2n) is 2.47. The molecule has 1 heterocycles. The number of hydrogen-bond donors (Lipinski definition) is 1. The number of hydrogen-bond acceptors (Lipinski definition) is 4. The van der Waals surface area contributed by atoms with Crippen LogP contribution in [0.25, 0.3) is 0 Å². The summed E-state index contributed by atoms with van der Waals surface area (Å²) < 4.78 is 4.76. The first-order valence-electron chi connectivity index (χ1n) is 3.68. The van der Waals surface area contributed by atoms with E-state index in [4.69, 9.17) is 4.42 Å². The lowest BCUT2D eigenvalue weighted by Gasteiger charge is -2.01. The molecular weight excluding hydrogens is 174 g/mol. The maximum atomic E-state index is 10.2. The Labute approximate surface area is 74.4 Å². The van der Waals surface area contributed by atoms with E-state index in [9.17, 15) is 15.2 Å². The van der Waals surface area contributed by atoms with Gasteiger partial charge in [0.25, 0.3) is 0 Å². The van der Waals surface area contributed by atoms with Crippen molar-refractivity contribution in [1.29, 1.82) is 0 Å². The fourth-order valence-electron chi connectivity index (χ4n) is 0.893. The van der Waals surface area contributed by atoms with E-state index >= 15 is 0 Å². The van der Waals surface area contributed by atoms with Crippen molar-refractivity contribution in [3.63, 3.8) is 0 Å². The zero-order valence-corrected chi connectivity index (χ0v) is 6.84. The number of aliphatic hydroxyl groups excluding tert-OH is 1. The summed E-state index contributed by atoms with van der Waals surface area (Å²) in [4.78, 5) is 9.56. The van der Waals surface area contributed by atoms with Crippen LogP contribution in [0, 0.1) is 10.1 Å². The Morgan fingerprint density at radius 2 is 2.46 bits per heavy atom. The van der Waals surface area contributed by atoms with Crippen LogP contribution in [0.3, 0.4) is 0 Å². The van der Waals surface area contributed by atoms with Crippen molar-refractivity contribution in [2.45, 2.75) is 12.5 Å². The molecule has 1 aromatic heterocycles. The summed E-state index contributed by atoms with van der Waals surface area (Å²) in [5.74, 6) is -0.176. The molecule has 0 aromatic carbocycles. The van der Waals surface area contributed by atoms with Crippen LogP contribution >= 0.6 is 0 Å². The SMILES string of the molecule is C=CC[C@H](O)c1ccc([N+](=O)[O-])o1. The lowest BCUT2D eigenvalue weighted by atomic mass is 10.2. The van der Waals surface area contributed by atoms with E-state index in [0.717, 1.165) is 0 Å². The Morgan fingerprint density at radius 3 is 2.92 bits per heavy atom. The highest BCUT2D eigenvalue weighted by Crippen LogP contribution is 2.23. The molecule has 0 aliphatic carbocycles. The first-order chi connectivity index (χ1) is 6.15. The molecule has 0 unspecified atom stereocenters. The smallest absolute Gasteiger partial charge is 0.403 e. The number of aliphatic hydroxyl groups is 1. The van der Waals surface area contributed by atoms with Crippen LogP contribution in [0.2, 0.25) is 0 Å². The van der Waals surface area contributed by atoms with E-state index in [1.54, 1.807) is 0 Å². The Bertz CT molecular complexity index is 318. The number of nitro groups is 1. The molecule has 0 amide bonds. The lowest BCUT2D eigenvalue weighted by molar-refractivity contribution is -0.402. The molecule has 1 aromatic rings. The van der Waals surface area contributed by atoms with E-state index in [0.29, 0.717) is 6.42 Å². The van der Waals surface area contributed by atoms with Crippen LogP contribution in [0.15, 0.2) is 29.2 Å². The summed E-state index contributed by atoms with van der Waals surface area (Å²) in [6.45, 7) is 3.43. The van der Waals surface area contributed by atoms with Gasteiger partial charge in [-0.05, 0) is 12.5 Å². The maximum Gasteiger partial charge on any atom is 0.433 e. The van der Waals surface area contributed by atoms with E-state index < -0.39 is 11.0 Å². The standard InChI is InChI=1S/C8H9NO4/c1-2-3-6(10)7-4-5-8(13-7)9(11)12/h2,4-6,10H,1,3H2/t6-/m0/s1. The van der Waals surface area contributed by atoms with Crippen molar-refractivity contribution >= 4 is 5.88 Å². The van der Waals surface area contributed by atoms with Crippen molar-refractivity contribution in [1.82, 2.24) is 0 Å². The Hall–Kier alpha value is -1.62. The molecule has 5 nitrogen and oxygen atoms in total. The molecule has 13 heavy (non-hydrogen) atoms. The molecule has 0 fully saturated rings. The predicted octanol–water partition coefficient (Wildman–Crippen LogP) is 1.80. The zero-order valence-electron chi connectivity index (χ0n) is 6.84. The second kappa shape index (κ2) is 3.86. The molecule has 0 aliphatic rings. The fraction of sp³-hybridized carbons (Fsp3) is 0.250. The molecule has 0 aliphatic heterocycles. The van der Waals surface area contributed by atoms with Gasteiger partial charge in [0.05, 0.1) is 6.07 Å². The van der Waals surface area contributed by atoms with Crippen molar-refractivity contribution in [3.8, 4) is 0 Å². The minimum Gasteiger partial charge on any atom is -0.403 e. The second-order valence-corrected chi connectivity index (χ2v) is 2.47. The van der Waals surface area contributed by atoms with Gasteiger partial charge in [-0.1, -0.05) is 6.08 Å². The summed E-state index contributed by atoms with van der Waals surface area (Å²) in [7, 11) is 0. The van der Waals surface area contributed by atoms with E-state index in [-0.39, 0.29) is 11.6 Å². The van der Waals surface area contributed by atoms with E-state index in [1.807, 2.05) is 0 Å². The largest absolute Gasteiger partial charge is 0.433 e. The average Bonchev–Trinajstić information content (AvgIpc) is 2.52. The third-order valence-corrected chi connectivity index (χ3v) is 1.51. The molecule has 1 N–H and O–H groups in total. The van der Waals surface area contributed by atoms with Gasteiger partial charge in [-0.3, -0.25) is 10.1 Å². The van der Waals surface area contributed by atoms with Gasteiger partial charge in [-0.25, -0.2) is 0 Å². The molecule has 0 saturated heterocycles. The van der Waals surface area contributed by atoms with Crippen molar-refractivity contribution in [2.75, 3.05) is 0 Å². The quantitative estimate of drug-likeness (QED) is 0.438. The fourth-order valence-corrected chi connectivity index (χ4v) is 0.893. The van der Waals surface area contributed by atoms with Crippen LogP contribution in [-0.4, -0.2) is 10.0 Å². The third-order valence-electron chi connectivity index (χ3n) is 1.51. The van der Waals surface area contributed by atoms with Gasteiger partial charge < -0.3 is 9.52 Å². The van der Waals surface area contributed by atoms with E-state index in [1.165, 1.54) is 18.2 Å². The summed E-state index contributed by atoms with van der Waals surface area (Å²) in [6.07, 6.45) is 0.968. The summed E-state index contributed by atoms with van der Waals surface area (Å²) >= 11 is 0. The molecule has 0 radical (unpaired) electrons. The van der Waals surface area contributed by atoms with Gasteiger partial charge >= 0.3 is 5.88 Å². The summed E-state index contributed by atoms with van der Waals surface area (Å²) in [5.41, 5.74) is 0. The molecule has 70 valence electrons. The van der Waals surface area contributed by atoms with Gasteiger partial charge in [0.15, 0.2) is 0 Å². The van der Waals surface area contributed by atoms with Gasteiger partial charge in [0, 0.05) is 0 Å². The van der Waals surface area contributed by atoms with Crippen molar-refractivity contribution in [2.24, 2.45) is 0 Å². The minimum atomic E-state index is -0.855. The Morgan fingerprint density at radius 1 is 1.77 bits per heavy atom. The van der Waals surface area contributed by atoms with Crippen LogP contribution in [0.4, 0.5) is 5.88 Å². The zero-order chi connectivity index (χ0) is 9.84. The van der Waals surface area contributed by atoms with Crippen molar-refractivity contribution < 1.29 is 14.4 Å². The number of furan rings is 1. The molecule has 0 saturated carbocycles. The van der Waals surface area contributed by atoms with Crippen LogP contribution in [0.5, 0.6) is 0 Å². The normalized spacial score (nSPS) is 12.4. The van der Waals surface area contributed by atoms with E-state index in [2.05, 4.69) is 6.58 Å². The molecule has 1 rings (SSSR count). The minimum absolute atomic E-state index is 0.187. The Kier molecular flexibility index (Phi) is 2.81. The van der Waals surface area contributed by atoms with Crippen LogP contribution < -0.4 is 0 Å². The highest BCUT2D eigenvalue weighted by Gasteiger charge is 2.16. The van der Waals surface area contributed by atoms with Gasteiger partial charge in [0.2, 0.25) is 0 Å².